The van der Waals surface area contributed by atoms with Crippen LogP contribution < -0.4 is 5.73 Å². The summed E-state index contributed by atoms with van der Waals surface area (Å²) in [6.45, 7) is 1.95. The summed E-state index contributed by atoms with van der Waals surface area (Å²) in [5, 5.41) is 20.3. The van der Waals surface area contributed by atoms with Gasteiger partial charge in [-0.15, -0.1) is 11.8 Å². The molecule has 7 heteroatoms. The van der Waals surface area contributed by atoms with Crippen LogP contribution in [-0.2, 0) is 0 Å². The van der Waals surface area contributed by atoms with Crippen molar-refractivity contribution in [3.8, 4) is 0 Å². The second-order valence-electron chi connectivity index (χ2n) is 3.82. The fraction of sp³-hybridized carbons (Fsp3) is 0.364. The second-order valence-corrected chi connectivity index (χ2v) is 5.68. The van der Waals surface area contributed by atoms with Gasteiger partial charge in [-0.1, -0.05) is 12.1 Å². The molecule has 1 unspecified atom stereocenters. The predicted molar refractivity (Wildman–Crippen MR) is 73.6 cm³/mol. The summed E-state index contributed by atoms with van der Waals surface area (Å²) in [4.78, 5) is 0.455. The van der Waals surface area contributed by atoms with Crippen LogP contribution in [0.1, 0.15) is 12.5 Å². The van der Waals surface area contributed by atoms with Crippen molar-refractivity contribution >= 4 is 33.5 Å². The van der Waals surface area contributed by atoms with Crippen molar-refractivity contribution in [2.45, 2.75) is 11.8 Å². The molecule has 0 saturated carbocycles. The van der Waals surface area contributed by atoms with Gasteiger partial charge in [-0.25, -0.2) is 4.39 Å². The number of nitrogens with zero attached hydrogens (tertiary/aromatic N) is 1. The molecule has 0 saturated heterocycles. The molecule has 100 valence electrons. The fourth-order valence-corrected chi connectivity index (χ4v) is 2.82. The fourth-order valence-electron chi connectivity index (χ4n) is 1.18. The molecule has 1 aromatic rings. The maximum absolute atomic E-state index is 14.0. The van der Waals surface area contributed by atoms with Gasteiger partial charge in [0.1, 0.15) is 0 Å². The van der Waals surface area contributed by atoms with E-state index in [1.165, 1.54) is 11.8 Å². The Morgan fingerprint density at radius 2 is 2.28 bits per heavy atom. The molecule has 0 aliphatic rings. The number of aliphatic hydroxyl groups excluding tert-OH is 1. The highest BCUT2D eigenvalue weighted by molar-refractivity contribution is 9.10. The highest BCUT2D eigenvalue weighted by Crippen LogP contribution is 2.31. The largest absolute Gasteiger partial charge is 0.409 e. The van der Waals surface area contributed by atoms with E-state index in [2.05, 4.69) is 21.1 Å². The first-order valence-corrected chi connectivity index (χ1v) is 6.98. The Morgan fingerprint density at radius 1 is 1.61 bits per heavy atom. The van der Waals surface area contributed by atoms with Crippen LogP contribution in [0, 0.1) is 11.7 Å². The van der Waals surface area contributed by atoms with Gasteiger partial charge in [0.25, 0.3) is 0 Å². The molecule has 0 aliphatic heterocycles. The van der Waals surface area contributed by atoms with Gasteiger partial charge < -0.3 is 16.0 Å². The Labute approximate surface area is 117 Å². The Balaban J connectivity index is 2.94. The first kappa shape index (κ1) is 15.3. The highest BCUT2D eigenvalue weighted by atomic mass is 79.9. The number of hydrogen-bond donors (Lipinski definition) is 3. The summed E-state index contributed by atoms with van der Waals surface area (Å²) in [7, 11) is 0. The number of aliphatic hydroxyl groups is 1. The summed E-state index contributed by atoms with van der Waals surface area (Å²) < 4.78 is 14.2. The van der Waals surface area contributed by atoms with Crippen molar-refractivity contribution in [3.05, 3.63) is 28.0 Å². The predicted octanol–water partition coefficient (Wildman–Crippen LogP) is 2.40. The third kappa shape index (κ3) is 3.60. The van der Waals surface area contributed by atoms with Crippen molar-refractivity contribution in [1.82, 2.24) is 0 Å². The van der Waals surface area contributed by atoms with E-state index in [0.29, 0.717) is 16.2 Å². The van der Waals surface area contributed by atoms with Crippen molar-refractivity contribution in [3.63, 3.8) is 0 Å². The van der Waals surface area contributed by atoms with Crippen LogP contribution in [0.15, 0.2) is 26.7 Å². The van der Waals surface area contributed by atoms with Crippen molar-refractivity contribution < 1.29 is 14.7 Å². The van der Waals surface area contributed by atoms with Crippen LogP contribution in [0.5, 0.6) is 0 Å². The zero-order valence-electron chi connectivity index (χ0n) is 9.73. The molecule has 0 aliphatic carbocycles. The molecule has 0 radical (unpaired) electrons. The average molecular weight is 337 g/mol. The topological polar surface area (TPSA) is 78.8 Å². The van der Waals surface area contributed by atoms with E-state index in [9.17, 15) is 4.39 Å². The van der Waals surface area contributed by atoms with E-state index in [0.717, 1.165) is 0 Å². The van der Waals surface area contributed by atoms with Crippen LogP contribution in [0.3, 0.4) is 0 Å². The molecular weight excluding hydrogens is 323 g/mol. The zero-order chi connectivity index (χ0) is 13.7. The normalized spacial score (nSPS) is 13.7. The van der Waals surface area contributed by atoms with E-state index in [1.807, 2.05) is 6.92 Å². The molecule has 1 aromatic carbocycles. The van der Waals surface area contributed by atoms with Gasteiger partial charge in [0.15, 0.2) is 11.7 Å². The van der Waals surface area contributed by atoms with Crippen LogP contribution in [0.25, 0.3) is 0 Å². The lowest BCUT2D eigenvalue weighted by molar-refractivity contribution is 0.250. The van der Waals surface area contributed by atoms with E-state index < -0.39 is 5.82 Å². The molecule has 1 atom stereocenters. The average Bonchev–Trinajstić information content (AvgIpc) is 2.39. The summed E-state index contributed by atoms with van der Waals surface area (Å²) in [5.74, 6) is 0.107. The number of hydrogen-bond acceptors (Lipinski definition) is 4. The lowest BCUT2D eigenvalue weighted by Gasteiger charge is -2.10. The Morgan fingerprint density at radius 3 is 2.83 bits per heavy atom. The molecule has 18 heavy (non-hydrogen) atoms. The van der Waals surface area contributed by atoms with Gasteiger partial charge in [-0.2, -0.15) is 0 Å². The van der Waals surface area contributed by atoms with E-state index in [4.69, 9.17) is 16.0 Å². The first-order chi connectivity index (χ1) is 8.51. The molecule has 0 heterocycles. The van der Waals surface area contributed by atoms with Gasteiger partial charge in [0.05, 0.1) is 4.47 Å². The number of amidine groups is 1. The number of nitrogens with two attached hydrogens (primary N) is 1. The standard InChI is InChI=1S/C11H14BrFN2O2S/c1-6(4-16)5-18-8-3-2-7(11(14)15-17)9(12)10(8)13/h2-3,6,16-17H,4-5H2,1H3,(H2,14,15). The number of oxime groups is 1. The lowest BCUT2D eigenvalue weighted by atomic mass is 10.2. The van der Waals surface area contributed by atoms with Gasteiger partial charge in [0.2, 0.25) is 0 Å². The number of halogens is 2. The van der Waals surface area contributed by atoms with E-state index in [-0.39, 0.29) is 22.8 Å². The molecule has 1 rings (SSSR count). The highest BCUT2D eigenvalue weighted by Gasteiger charge is 2.15. The van der Waals surface area contributed by atoms with Crippen molar-refractivity contribution in [2.24, 2.45) is 16.8 Å². The summed E-state index contributed by atoms with van der Waals surface area (Å²) in [6, 6.07) is 3.15. The molecule has 0 fully saturated rings. The Kier molecular flexibility index (Phi) is 5.90. The zero-order valence-corrected chi connectivity index (χ0v) is 12.1. The molecule has 0 spiro atoms. The van der Waals surface area contributed by atoms with Gasteiger partial charge in [-0.05, 0) is 34.0 Å². The van der Waals surface area contributed by atoms with Gasteiger partial charge in [-0.3, -0.25) is 0 Å². The summed E-state index contributed by atoms with van der Waals surface area (Å²) in [6.07, 6.45) is 0. The van der Waals surface area contributed by atoms with E-state index in [1.54, 1.807) is 12.1 Å². The number of benzene rings is 1. The minimum Gasteiger partial charge on any atom is -0.409 e. The lowest BCUT2D eigenvalue weighted by Crippen LogP contribution is -2.14. The Hall–Kier alpha value is -0.790. The maximum atomic E-state index is 14.0. The van der Waals surface area contributed by atoms with Crippen LogP contribution >= 0.6 is 27.7 Å². The molecular formula is C11H14BrFN2O2S. The van der Waals surface area contributed by atoms with Crippen LogP contribution in [0.2, 0.25) is 0 Å². The number of thioether (sulfide) groups is 1. The van der Waals surface area contributed by atoms with Gasteiger partial charge >= 0.3 is 0 Å². The van der Waals surface area contributed by atoms with Gasteiger partial charge in [0, 0.05) is 22.8 Å². The minimum atomic E-state index is -0.450. The SMILES string of the molecule is CC(CO)CSc1ccc(/C(N)=N/O)c(Br)c1F. The Bertz CT molecular complexity index is 457. The monoisotopic (exact) mass is 336 g/mol. The third-order valence-electron chi connectivity index (χ3n) is 2.27. The minimum absolute atomic E-state index is 0.0675. The van der Waals surface area contributed by atoms with E-state index >= 15 is 0 Å². The summed E-state index contributed by atoms with van der Waals surface area (Å²) in [5.41, 5.74) is 5.72. The smallest absolute Gasteiger partial charge is 0.171 e. The van der Waals surface area contributed by atoms with Crippen LogP contribution in [-0.4, -0.2) is 28.5 Å². The van der Waals surface area contributed by atoms with Crippen molar-refractivity contribution in [1.29, 1.82) is 0 Å². The number of rotatable bonds is 5. The molecule has 0 amide bonds. The summed E-state index contributed by atoms with van der Waals surface area (Å²) >= 11 is 4.40. The molecule has 0 bridgehead atoms. The molecule has 4 nitrogen and oxygen atoms in total. The third-order valence-corrected chi connectivity index (χ3v) is 4.40. The first-order valence-electron chi connectivity index (χ1n) is 5.20. The molecule has 4 N–H and O–H groups in total. The van der Waals surface area contributed by atoms with Crippen LogP contribution in [0.4, 0.5) is 4.39 Å². The molecule has 0 aromatic heterocycles. The second kappa shape index (κ2) is 6.96. The maximum Gasteiger partial charge on any atom is 0.171 e. The quantitative estimate of drug-likeness (QED) is 0.253. The van der Waals surface area contributed by atoms with Crippen molar-refractivity contribution in [2.75, 3.05) is 12.4 Å².